The summed E-state index contributed by atoms with van der Waals surface area (Å²) in [5.41, 5.74) is 2.19. The van der Waals surface area contributed by atoms with Crippen LogP contribution in [0.25, 0.3) is 6.08 Å². The summed E-state index contributed by atoms with van der Waals surface area (Å²) in [6.45, 7) is 5.21. The fourth-order valence-corrected chi connectivity index (χ4v) is 3.93. The Labute approximate surface area is 171 Å². The molecule has 1 saturated heterocycles. The zero-order valence-electron chi connectivity index (χ0n) is 16.0. The molecule has 0 spiro atoms. The number of hydrogen-bond acceptors (Lipinski definition) is 5. The molecule has 1 aromatic carbocycles. The zero-order valence-corrected chi connectivity index (χ0v) is 17.7. The van der Waals surface area contributed by atoms with Crippen LogP contribution in [0.4, 0.5) is 0 Å². The summed E-state index contributed by atoms with van der Waals surface area (Å²) < 4.78 is 5.75. The largest absolute Gasteiger partial charge is 0.466 e. The monoisotopic (exact) mass is 405 g/mol. The van der Waals surface area contributed by atoms with Gasteiger partial charge in [-0.3, -0.25) is 14.5 Å². The lowest BCUT2D eigenvalue weighted by Crippen LogP contribution is -2.29. The number of nitrogens with zero attached hydrogens (tertiary/aromatic N) is 1. The van der Waals surface area contributed by atoms with Crippen LogP contribution in [-0.2, 0) is 14.3 Å². The molecule has 1 aliphatic rings. The van der Waals surface area contributed by atoms with Crippen molar-refractivity contribution >= 4 is 46.3 Å². The maximum Gasteiger partial charge on any atom is 0.305 e. The highest BCUT2D eigenvalue weighted by Crippen LogP contribution is 2.32. The maximum absolute atomic E-state index is 12.6. The highest BCUT2D eigenvalue weighted by Gasteiger charge is 2.31. The number of esters is 1. The molecule has 1 heterocycles. The second-order valence-corrected chi connectivity index (χ2v) is 8.30. The molecule has 0 atom stereocenters. The van der Waals surface area contributed by atoms with Crippen LogP contribution in [0.15, 0.2) is 29.2 Å². The molecule has 0 unspecified atom stereocenters. The Morgan fingerprint density at radius 3 is 2.63 bits per heavy atom. The molecule has 1 aromatic rings. The summed E-state index contributed by atoms with van der Waals surface area (Å²) in [5.74, 6) is -0.153. The molecule has 1 aliphatic heterocycles. The van der Waals surface area contributed by atoms with Gasteiger partial charge in [0.25, 0.3) is 5.91 Å². The van der Waals surface area contributed by atoms with Crippen LogP contribution in [0.3, 0.4) is 0 Å². The highest BCUT2D eigenvalue weighted by molar-refractivity contribution is 8.26. The van der Waals surface area contributed by atoms with Gasteiger partial charge in [0.05, 0.1) is 11.5 Å². The Hall–Kier alpha value is -1.66. The topological polar surface area (TPSA) is 46.6 Å². The van der Waals surface area contributed by atoms with E-state index < -0.39 is 0 Å². The second-order valence-electron chi connectivity index (χ2n) is 6.63. The number of thiocarbonyl (C=S) groups is 1. The minimum atomic E-state index is -0.130. The highest BCUT2D eigenvalue weighted by atomic mass is 32.2. The van der Waals surface area contributed by atoms with Crippen molar-refractivity contribution in [3.8, 4) is 0 Å². The molecular formula is C21H27NO3S2. The predicted octanol–water partition coefficient (Wildman–Crippen LogP) is 5.10. The number of hydrogen-bond donors (Lipinski definition) is 0. The standard InChI is InChI=1S/C21H27NO3S2/c1-3-4-14-25-19(23)8-6-5-7-13-22-20(24)18(27-21(22)26)15-17-11-9-16(2)10-12-17/h9-12,15H,3-8,13-14H2,1-2H3. The third-order valence-electron chi connectivity index (χ3n) is 4.27. The number of carbonyl (C=O) groups is 2. The molecule has 4 nitrogen and oxygen atoms in total. The van der Waals surface area contributed by atoms with Crippen molar-refractivity contribution in [1.29, 1.82) is 0 Å². The summed E-state index contributed by atoms with van der Waals surface area (Å²) >= 11 is 6.72. The van der Waals surface area contributed by atoms with Gasteiger partial charge < -0.3 is 4.74 Å². The van der Waals surface area contributed by atoms with Crippen LogP contribution in [-0.4, -0.2) is 34.2 Å². The quantitative estimate of drug-likeness (QED) is 0.235. The lowest BCUT2D eigenvalue weighted by atomic mass is 10.1. The SMILES string of the molecule is CCCCOC(=O)CCCCCN1C(=O)C(=Cc2ccc(C)cc2)SC1=S. The van der Waals surface area contributed by atoms with Crippen LogP contribution in [0.2, 0.25) is 0 Å². The van der Waals surface area contributed by atoms with Crippen molar-refractivity contribution in [2.45, 2.75) is 52.4 Å². The van der Waals surface area contributed by atoms with Gasteiger partial charge in [0.1, 0.15) is 4.32 Å². The molecule has 6 heteroatoms. The number of rotatable bonds is 10. The van der Waals surface area contributed by atoms with Crippen molar-refractivity contribution < 1.29 is 14.3 Å². The van der Waals surface area contributed by atoms with E-state index in [-0.39, 0.29) is 11.9 Å². The number of benzene rings is 1. The first-order chi connectivity index (χ1) is 13.0. The van der Waals surface area contributed by atoms with E-state index in [2.05, 4.69) is 6.92 Å². The number of aryl methyl sites for hydroxylation is 1. The van der Waals surface area contributed by atoms with Crippen LogP contribution in [0, 0.1) is 6.92 Å². The third-order valence-corrected chi connectivity index (χ3v) is 5.65. The summed E-state index contributed by atoms with van der Waals surface area (Å²) in [4.78, 5) is 26.5. The van der Waals surface area contributed by atoms with Crippen molar-refractivity contribution in [3.63, 3.8) is 0 Å². The van der Waals surface area contributed by atoms with Gasteiger partial charge in [-0.25, -0.2) is 0 Å². The minimum absolute atomic E-state index is 0.0236. The third kappa shape index (κ3) is 7.11. The first-order valence-electron chi connectivity index (χ1n) is 9.49. The van der Waals surface area contributed by atoms with Crippen molar-refractivity contribution in [3.05, 3.63) is 40.3 Å². The minimum Gasteiger partial charge on any atom is -0.466 e. The molecule has 146 valence electrons. The second kappa shape index (κ2) is 11.2. The summed E-state index contributed by atoms with van der Waals surface area (Å²) in [5, 5.41) is 0. The van der Waals surface area contributed by atoms with E-state index in [0.29, 0.717) is 28.8 Å². The first-order valence-corrected chi connectivity index (χ1v) is 10.7. The Bertz CT molecular complexity index is 698. The van der Waals surface area contributed by atoms with E-state index in [4.69, 9.17) is 17.0 Å². The first kappa shape index (κ1) is 21.6. The Balaban J connectivity index is 1.74. The van der Waals surface area contributed by atoms with Crippen LogP contribution in [0.1, 0.15) is 56.6 Å². The number of unbranched alkanes of at least 4 members (excludes halogenated alkanes) is 3. The van der Waals surface area contributed by atoms with E-state index in [1.54, 1.807) is 4.90 Å². The van der Waals surface area contributed by atoms with Crippen LogP contribution in [0.5, 0.6) is 0 Å². The maximum atomic E-state index is 12.6. The number of ether oxygens (including phenoxy) is 1. The Morgan fingerprint density at radius 1 is 1.19 bits per heavy atom. The van der Waals surface area contributed by atoms with Crippen molar-refractivity contribution in [1.82, 2.24) is 4.90 Å². The number of thioether (sulfide) groups is 1. The average Bonchev–Trinajstić information content (AvgIpc) is 2.90. The number of amides is 1. The Morgan fingerprint density at radius 2 is 1.93 bits per heavy atom. The molecule has 0 aromatic heterocycles. The van der Waals surface area contributed by atoms with Crippen LogP contribution >= 0.6 is 24.0 Å². The van der Waals surface area contributed by atoms with E-state index >= 15 is 0 Å². The molecular weight excluding hydrogens is 378 g/mol. The molecule has 27 heavy (non-hydrogen) atoms. The summed E-state index contributed by atoms with van der Waals surface area (Å²) in [6, 6.07) is 8.06. The van der Waals surface area contributed by atoms with E-state index in [1.807, 2.05) is 37.3 Å². The lowest BCUT2D eigenvalue weighted by Gasteiger charge is -2.14. The molecule has 0 bridgehead atoms. The molecule has 0 N–H and O–H groups in total. The molecule has 1 fully saturated rings. The zero-order chi connectivity index (χ0) is 19.6. The molecule has 0 radical (unpaired) electrons. The van der Waals surface area contributed by atoms with E-state index in [1.165, 1.54) is 17.3 Å². The van der Waals surface area contributed by atoms with Gasteiger partial charge >= 0.3 is 5.97 Å². The van der Waals surface area contributed by atoms with Crippen molar-refractivity contribution in [2.24, 2.45) is 0 Å². The van der Waals surface area contributed by atoms with Gasteiger partial charge in [-0.1, -0.05) is 73.6 Å². The number of carbonyl (C=O) groups excluding carboxylic acids is 2. The fraction of sp³-hybridized carbons (Fsp3) is 0.476. The summed E-state index contributed by atoms with van der Waals surface area (Å²) in [7, 11) is 0. The molecule has 1 amide bonds. The molecule has 0 aliphatic carbocycles. The summed E-state index contributed by atoms with van der Waals surface area (Å²) in [6.07, 6.45) is 6.74. The van der Waals surface area contributed by atoms with Crippen LogP contribution < -0.4 is 0 Å². The van der Waals surface area contributed by atoms with Gasteiger partial charge in [-0.2, -0.15) is 0 Å². The Kier molecular flexibility index (Phi) is 9.01. The lowest BCUT2D eigenvalue weighted by molar-refractivity contribution is -0.143. The fourth-order valence-electron chi connectivity index (χ4n) is 2.63. The normalized spacial score (nSPS) is 15.6. The molecule has 2 rings (SSSR count). The predicted molar refractivity (Wildman–Crippen MR) is 115 cm³/mol. The average molecular weight is 406 g/mol. The van der Waals surface area contributed by atoms with Gasteiger partial charge in [0, 0.05) is 13.0 Å². The van der Waals surface area contributed by atoms with Gasteiger partial charge in [0.15, 0.2) is 0 Å². The van der Waals surface area contributed by atoms with E-state index in [9.17, 15) is 9.59 Å². The molecule has 0 saturated carbocycles. The van der Waals surface area contributed by atoms with Gasteiger partial charge in [-0.15, -0.1) is 0 Å². The van der Waals surface area contributed by atoms with Gasteiger partial charge in [-0.05, 0) is 37.8 Å². The van der Waals surface area contributed by atoms with E-state index in [0.717, 1.165) is 37.7 Å². The van der Waals surface area contributed by atoms with Crippen molar-refractivity contribution in [2.75, 3.05) is 13.2 Å². The smallest absolute Gasteiger partial charge is 0.305 e. The van der Waals surface area contributed by atoms with Gasteiger partial charge in [0.2, 0.25) is 0 Å².